The van der Waals surface area contributed by atoms with E-state index in [9.17, 15) is 18.0 Å². The number of nitrogens with zero attached hydrogens (tertiary/aromatic N) is 6. The molecule has 0 saturated carbocycles. The van der Waals surface area contributed by atoms with Crippen molar-refractivity contribution in [2.45, 2.75) is 19.5 Å². The number of nitrogens with one attached hydrogen (secondary N) is 2. The lowest BCUT2D eigenvalue weighted by molar-refractivity contribution is -0.137. The molecule has 1 amide bonds. The van der Waals surface area contributed by atoms with Gasteiger partial charge in [0.2, 0.25) is 5.95 Å². The summed E-state index contributed by atoms with van der Waals surface area (Å²) in [5, 5.41) is 5.56. The highest BCUT2D eigenvalue weighted by molar-refractivity contribution is 5.70. The van der Waals surface area contributed by atoms with Gasteiger partial charge in [-0.25, -0.2) is 9.78 Å². The molecule has 0 radical (unpaired) electrons. The van der Waals surface area contributed by atoms with Crippen molar-refractivity contribution in [2.75, 3.05) is 61.8 Å². The van der Waals surface area contributed by atoms with Crippen LogP contribution in [-0.2, 0) is 10.9 Å². The molecule has 0 aliphatic carbocycles. The van der Waals surface area contributed by atoms with Gasteiger partial charge in [-0.15, -0.1) is 0 Å². The van der Waals surface area contributed by atoms with Crippen molar-refractivity contribution in [2.24, 2.45) is 0 Å². The monoisotopic (exact) mass is 508 g/mol. The van der Waals surface area contributed by atoms with E-state index in [0.29, 0.717) is 24.0 Å². The number of allylic oxidation sites excluding steroid dienone is 2. The molecule has 0 unspecified atom stereocenters. The molecular formula is C22H27F3N8O3. The SMILES string of the molecule is Cc1oc(N2CCN(C)CC2)nc1Nc1ncc(C(F)(F)F)c(NCCCN2C=CC=COC2=O)n1. The van der Waals surface area contributed by atoms with Gasteiger partial charge in [0.1, 0.15) is 17.1 Å². The molecule has 0 atom stereocenters. The zero-order valence-corrected chi connectivity index (χ0v) is 19.9. The molecule has 11 nitrogen and oxygen atoms in total. The van der Waals surface area contributed by atoms with Crippen molar-refractivity contribution >= 4 is 29.7 Å². The summed E-state index contributed by atoms with van der Waals surface area (Å²) in [6, 6.07) is 0.435. The maximum atomic E-state index is 13.5. The second-order valence-corrected chi connectivity index (χ2v) is 8.30. The Hall–Kier alpha value is -3.81. The number of hydrogen-bond acceptors (Lipinski definition) is 10. The van der Waals surface area contributed by atoms with Gasteiger partial charge in [-0.3, -0.25) is 4.90 Å². The van der Waals surface area contributed by atoms with Crippen LogP contribution in [0.1, 0.15) is 17.7 Å². The van der Waals surface area contributed by atoms with Gasteiger partial charge in [-0.05, 0) is 32.5 Å². The molecule has 2 aromatic heterocycles. The van der Waals surface area contributed by atoms with Gasteiger partial charge < -0.3 is 29.6 Å². The van der Waals surface area contributed by atoms with Gasteiger partial charge in [0.15, 0.2) is 5.82 Å². The number of alkyl halides is 3. The van der Waals surface area contributed by atoms with Crippen molar-refractivity contribution in [1.82, 2.24) is 24.8 Å². The minimum atomic E-state index is -4.65. The Morgan fingerprint density at radius 1 is 1.11 bits per heavy atom. The lowest BCUT2D eigenvalue weighted by atomic mass is 10.3. The molecule has 4 rings (SSSR count). The van der Waals surface area contributed by atoms with E-state index < -0.39 is 17.8 Å². The molecule has 194 valence electrons. The van der Waals surface area contributed by atoms with Gasteiger partial charge in [0, 0.05) is 51.7 Å². The van der Waals surface area contributed by atoms with E-state index in [1.807, 2.05) is 11.9 Å². The summed E-state index contributed by atoms with van der Waals surface area (Å²) in [6.45, 7) is 5.32. The van der Waals surface area contributed by atoms with E-state index in [4.69, 9.17) is 9.15 Å². The Labute approximate surface area is 205 Å². The zero-order valence-electron chi connectivity index (χ0n) is 19.9. The summed E-state index contributed by atoms with van der Waals surface area (Å²) in [4.78, 5) is 29.6. The van der Waals surface area contributed by atoms with Crippen LogP contribution in [0.25, 0.3) is 0 Å². The number of hydrogen-bond donors (Lipinski definition) is 2. The zero-order chi connectivity index (χ0) is 25.7. The smallest absolute Gasteiger partial charge is 0.421 e. The second-order valence-electron chi connectivity index (χ2n) is 8.30. The fourth-order valence-corrected chi connectivity index (χ4v) is 3.57. The summed E-state index contributed by atoms with van der Waals surface area (Å²) >= 11 is 0. The molecule has 0 bridgehead atoms. The Morgan fingerprint density at radius 2 is 1.89 bits per heavy atom. The van der Waals surface area contributed by atoms with Crippen molar-refractivity contribution < 1.29 is 27.1 Å². The van der Waals surface area contributed by atoms with E-state index in [-0.39, 0.29) is 24.9 Å². The lowest BCUT2D eigenvalue weighted by Gasteiger charge is -2.31. The minimum Gasteiger partial charge on any atom is -0.427 e. The van der Waals surface area contributed by atoms with Crippen LogP contribution in [0, 0.1) is 6.92 Å². The topological polar surface area (TPSA) is 112 Å². The third-order valence-electron chi connectivity index (χ3n) is 5.61. The van der Waals surface area contributed by atoms with E-state index in [2.05, 4.69) is 30.5 Å². The highest BCUT2D eigenvalue weighted by atomic mass is 19.4. The number of rotatable bonds is 8. The van der Waals surface area contributed by atoms with E-state index >= 15 is 0 Å². The first-order valence-corrected chi connectivity index (χ1v) is 11.4. The van der Waals surface area contributed by atoms with Gasteiger partial charge >= 0.3 is 12.3 Å². The molecule has 0 aromatic carbocycles. The lowest BCUT2D eigenvalue weighted by Crippen LogP contribution is -2.44. The quantitative estimate of drug-likeness (QED) is 0.513. The molecule has 4 heterocycles. The van der Waals surface area contributed by atoms with Gasteiger partial charge in [-0.1, -0.05) is 0 Å². The number of aryl methyl sites for hydroxylation is 1. The molecular weight excluding hydrogens is 481 g/mol. The average molecular weight is 509 g/mol. The summed E-state index contributed by atoms with van der Waals surface area (Å²) in [5.41, 5.74) is -0.999. The van der Waals surface area contributed by atoms with Crippen LogP contribution in [0.15, 0.2) is 35.2 Å². The normalized spacial score (nSPS) is 16.8. The highest BCUT2D eigenvalue weighted by Gasteiger charge is 2.35. The largest absolute Gasteiger partial charge is 0.427 e. The van der Waals surface area contributed by atoms with E-state index in [0.717, 1.165) is 32.4 Å². The summed E-state index contributed by atoms with van der Waals surface area (Å²) in [5.74, 6) is 0.358. The number of carbonyl (C=O) groups excluding carboxylic acids is 1. The Morgan fingerprint density at radius 3 is 2.64 bits per heavy atom. The summed E-state index contributed by atoms with van der Waals surface area (Å²) in [7, 11) is 2.04. The maximum Gasteiger partial charge on any atom is 0.421 e. The van der Waals surface area contributed by atoms with Crippen LogP contribution in [-0.4, -0.2) is 77.2 Å². The van der Waals surface area contributed by atoms with Crippen molar-refractivity contribution in [3.05, 3.63) is 42.1 Å². The Kier molecular flexibility index (Phi) is 7.62. The fraction of sp³-hybridized carbons (Fsp3) is 0.455. The second kappa shape index (κ2) is 10.8. The minimum absolute atomic E-state index is 0.0584. The summed E-state index contributed by atoms with van der Waals surface area (Å²) in [6.07, 6.45) is 1.83. The van der Waals surface area contributed by atoms with Crippen molar-refractivity contribution in [3.8, 4) is 0 Å². The number of amides is 1. The molecule has 1 saturated heterocycles. The van der Waals surface area contributed by atoms with Crippen LogP contribution < -0.4 is 15.5 Å². The number of halogens is 3. The Balaban J connectivity index is 1.42. The number of carbonyl (C=O) groups is 1. The third-order valence-corrected chi connectivity index (χ3v) is 5.61. The first-order valence-electron chi connectivity index (χ1n) is 11.4. The molecule has 36 heavy (non-hydrogen) atoms. The van der Waals surface area contributed by atoms with E-state index in [1.54, 1.807) is 19.1 Å². The molecule has 2 aliphatic rings. The number of likely N-dealkylation sites (N-methyl/N-ethyl adjacent to an activating group) is 1. The number of aromatic nitrogens is 3. The molecule has 0 spiro atoms. The highest BCUT2D eigenvalue weighted by Crippen LogP contribution is 2.34. The molecule has 2 aliphatic heterocycles. The van der Waals surface area contributed by atoms with Crippen LogP contribution in [0.5, 0.6) is 0 Å². The first-order chi connectivity index (χ1) is 17.2. The van der Waals surface area contributed by atoms with Crippen molar-refractivity contribution in [1.29, 1.82) is 0 Å². The van der Waals surface area contributed by atoms with Crippen LogP contribution in [0.4, 0.5) is 41.6 Å². The number of oxazole rings is 1. The van der Waals surface area contributed by atoms with E-state index in [1.165, 1.54) is 17.4 Å². The number of ether oxygens (including phenoxy) is 1. The molecule has 14 heteroatoms. The average Bonchev–Trinajstić information content (AvgIpc) is 3.06. The number of piperazine rings is 1. The van der Waals surface area contributed by atoms with Crippen molar-refractivity contribution in [3.63, 3.8) is 0 Å². The van der Waals surface area contributed by atoms with Crippen LogP contribution >= 0.6 is 0 Å². The number of anilines is 4. The molecule has 2 aromatic rings. The van der Waals surface area contributed by atoms with Gasteiger partial charge in [0.25, 0.3) is 6.01 Å². The maximum absolute atomic E-state index is 13.5. The molecule has 2 N–H and O–H groups in total. The fourth-order valence-electron chi connectivity index (χ4n) is 3.57. The molecule has 1 fully saturated rings. The third kappa shape index (κ3) is 6.24. The first kappa shape index (κ1) is 25.3. The standard InChI is InChI=1S/C22H27F3N8O3/c1-15-17(30-20(36-15)32-11-9-31(2)10-12-32)28-19-27-14-16(22(23,24)25)18(29-19)26-6-5-8-33-7-3-4-13-35-21(33)34/h3-4,7,13-14H,5-6,8-12H2,1-2H3,(H2,26,27,28,29). The summed E-state index contributed by atoms with van der Waals surface area (Å²) < 4.78 is 51.2. The van der Waals surface area contributed by atoms with Crippen LogP contribution in [0.2, 0.25) is 0 Å². The predicted molar refractivity (Wildman–Crippen MR) is 126 cm³/mol. The van der Waals surface area contributed by atoms with Gasteiger partial charge in [0.05, 0.1) is 6.26 Å². The Bertz CT molecular complexity index is 1130. The predicted octanol–water partition coefficient (Wildman–Crippen LogP) is 3.57. The number of cyclic esters (lactones) is 1. The van der Waals surface area contributed by atoms with Crippen LogP contribution in [0.3, 0.4) is 0 Å². The van der Waals surface area contributed by atoms with Gasteiger partial charge in [-0.2, -0.15) is 23.1 Å².